The summed E-state index contributed by atoms with van der Waals surface area (Å²) in [4.78, 5) is 26.7. The van der Waals surface area contributed by atoms with Gasteiger partial charge < -0.3 is 19.9 Å². The van der Waals surface area contributed by atoms with Gasteiger partial charge in [0.2, 0.25) is 0 Å². The number of rotatable bonds is 6. The molecule has 2 N–H and O–H groups in total. The number of nitrogens with zero attached hydrogens (tertiary/aromatic N) is 2. The van der Waals surface area contributed by atoms with Crippen molar-refractivity contribution in [2.24, 2.45) is 0 Å². The monoisotopic (exact) mass is 385 g/mol. The lowest BCUT2D eigenvalue weighted by atomic mass is 10.2. The van der Waals surface area contributed by atoms with Crippen LogP contribution >= 0.6 is 0 Å². The highest BCUT2D eigenvalue weighted by Crippen LogP contribution is 2.23. The zero-order chi connectivity index (χ0) is 20.1. The number of anilines is 2. The maximum Gasteiger partial charge on any atom is 0.292 e. The molecule has 2 aromatic carbocycles. The molecule has 0 spiro atoms. The van der Waals surface area contributed by atoms with Gasteiger partial charge in [-0.25, -0.2) is 0 Å². The van der Waals surface area contributed by atoms with E-state index < -0.39 is 4.92 Å². The maximum absolute atomic E-state index is 12.6. The van der Waals surface area contributed by atoms with Crippen molar-refractivity contribution in [2.75, 3.05) is 43.5 Å². The van der Waals surface area contributed by atoms with Crippen LogP contribution < -0.4 is 19.9 Å². The first-order valence-electron chi connectivity index (χ1n) is 9.27. The predicted octanol–water partition coefficient (Wildman–Crippen LogP) is 1.34. The summed E-state index contributed by atoms with van der Waals surface area (Å²) in [5, 5.41) is 13.8. The van der Waals surface area contributed by atoms with E-state index in [9.17, 15) is 14.9 Å². The van der Waals surface area contributed by atoms with Crippen molar-refractivity contribution in [3.63, 3.8) is 0 Å². The smallest absolute Gasteiger partial charge is 0.292 e. The van der Waals surface area contributed by atoms with Crippen LogP contribution in [0.4, 0.5) is 17.1 Å². The first-order chi connectivity index (χ1) is 13.5. The van der Waals surface area contributed by atoms with E-state index in [1.54, 1.807) is 25.3 Å². The lowest BCUT2D eigenvalue weighted by Crippen LogP contribution is -3.19. The van der Waals surface area contributed by atoms with E-state index in [0.29, 0.717) is 0 Å². The summed E-state index contributed by atoms with van der Waals surface area (Å²) in [5.74, 6) is 0.621. The largest absolute Gasteiger partial charge is 0.497 e. The molecular formula is C20H25N4O4+. The fourth-order valence-corrected chi connectivity index (χ4v) is 3.44. The van der Waals surface area contributed by atoms with Crippen LogP contribution in [-0.4, -0.2) is 50.2 Å². The van der Waals surface area contributed by atoms with E-state index in [-0.39, 0.29) is 23.3 Å². The van der Waals surface area contributed by atoms with E-state index in [0.717, 1.165) is 37.6 Å². The summed E-state index contributed by atoms with van der Waals surface area (Å²) < 4.78 is 5.19. The molecule has 1 saturated heterocycles. The van der Waals surface area contributed by atoms with Crippen LogP contribution in [0.1, 0.15) is 6.92 Å². The molecule has 1 atom stereocenters. The number of carbonyl (C=O) groups excluding carboxylic acids is 1. The Balaban J connectivity index is 1.58. The lowest BCUT2D eigenvalue weighted by molar-refractivity contribution is -0.914. The number of para-hydroxylation sites is 2. The summed E-state index contributed by atoms with van der Waals surface area (Å²) in [7, 11) is 1.65. The molecule has 2 aromatic rings. The fourth-order valence-electron chi connectivity index (χ4n) is 3.44. The summed E-state index contributed by atoms with van der Waals surface area (Å²) in [6, 6.07) is 13.9. The summed E-state index contributed by atoms with van der Waals surface area (Å²) in [6.07, 6.45) is 0. The van der Waals surface area contributed by atoms with Crippen molar-refractivity contribution in [2.45, 2.75) is 13.0 Å². The average Bonchev–Trinajstić information content (AvgIpc) is 2.73. The number of hydrogen-bond donors (Lipinski definition) is 2. The molecule has 3 rings (SSSR count). The Morgan fingerprint density at radius 3 is 2.43 bits per heavy atom. The summed E-state index contributed by atoms with van der Waals surface area (Å²) in [6.45, 7) is 5.17. The van der Waals surface area contributed by atoms with Gasteiger partial charge in [0.1, 0.15) is 11.4 Å². The molecule has 8 nitrogen and oxygen atoms in total. The minimum Gasteiger partial charge on any atom is -0.497 e. The highest BCUT2D eigenvalue weighted by Gasteiger charge is 2.30. The van der Waals surface area contributed by atoms with Crippen LogP contribution in [0.2, 0.25) is 0 Å². The normalized spacial score (nSPS) is 15.7. The molecule has 1 aliphatic heterocycles. The third-order valence-corrected chi connectivity index (χ3v) is 5.21. The maximum atomic E-state index is 12.6. The zero-order valence-electron chi connectivity index (χ0n) is 16.1. The van der Waals surface area contributed by atoms with E-state index in [1.807, 2.05) is 31.2 Å². The Kier molecular flexibility index (Phi) is 6.10. The molecule has 1 aliphatic rings. The fraction of sp³-hybridized carbons (Fsp3) is 0.350. The van der Waals surface area contributed by atoms with E-state index in [2.05, 4.69) is 10.2 Å². The molecule has 0 aliphatic carbocycles. The second kappa shape index (κ2) is 8.71. The average molecular weight is 385 g/mol. The van der Waals surface area contributed by atoms with Gasteiger partial charge in [-0.3, -0.25) is 14.9 Å². The number of nitro groups is 1. The molecule has 148 valence electrons. The number of benzene rings is 2. The van der Waals surface area contributed by atoms with Crippen molar-refractivity contribution in [1.82, 2.24) is 0 Å². The standard InChI is InChI=1S/C20H24N4O4/c1-15(20(25)21-18-5-3-4-6-19(18)24(26)27)22-11-13-23(14-12-22)16-7-9-17(28-2)10-8-16/h3-10,15H,11-14H2,1-2H3,(H,21,25)/p+1/t15-/m1/s1. The SMILES string of the molecule is COc1ccc(N2CC[NH+]([C@H](C)C(=O)Nc3ccccc3[N+](=O)[O-])CC2)cc1. The minimum atomic E-state index is -0.485. The Morgan fingerprint density at radius 2 is 1.82 bits per heavy atom. The number of piperazine rings is 1. The van der Waals surface area contributed by atoms with Crippen LogP contribution in [0.5, 0.6) is 5.75 Å². The first kappa shape index (κ1) is 19.6. The number of nitro benzene ring substituents is 1. The highest BCUT2D eigenvalue weighted by atomic mass is 16.6. The van der Waals surface area contributed by atoms with Crippen LogP contribution in [0.25, 0.3) is 0 Å². The predicted molar refractivity (Wildman–Crippen MR) is 107 cm³/mol. The molecule has 1 fully saturated rings. The second-order valence-electron chi connectivity index (χ2n) is 6.83. The van der Waals surface area contributed by atoms with Gasteiger partial charge in [-0.05, 0) is 37.3 Å². The number of amides is 1. The van der Waals surface area contributed by atoms with E-state index in [4.69, 9.17) is 4.74 Å². The van der Waals surface area contributed by atoms with Gasteiger partial charge in [-0.1, -0.05) is 12.1 Å². The molecule has 8 heteroatoms. The number of quaternary nitrogens is 1. The Hall–Kier alpha value is -3.13. The number of methoxy groups -OCH3 is 1. The zero-order valence-corrected chi connectivity index (χ0v) is 16.1. The van der Waals surface area contributed by atoms with Crippen molar-refractivity contribution >= 4 is 23.0 Å². The third kappa shape index (κ3) is 4.40. The Labute approximate surface area is 163 Å². The molecule has 0 aromatic heterocycles. The highest BCUT2D eigenvalue weighted by molar-refractivity contribution is 5.95. The number of carbonyl (C=O) groups is 1. The van der Waals surface area contributed by atoms with Gasteiger partial charge in [0.05, 0.1) is 38.2 Å². The van der Waals surface area contributed by atoms with Crippen LogP contribution in [0.15, 0.2) is 48.5 Å². The third-order valence-electron chi connectivity index (χ3n) is 5.21. The quantitative estimate of drug-likeness (QED) is 0.579. The molecule has 0 unspecified atom stereocenters. The molecule has 0 saturated carbocycles. The van der Waals surface area contributed by atoms with Gasteiger partial charge in [-0.2, -0.15) is 0 Å². The van der Waals surface area contributed by atoms with E-state index in [1.165, 1.54) is 11.0 Å². The van der Waals surface area contributed by atoms with Gasteiger partial charge in [-0.15, -0.1) is 0 Å². The Morgan fingerprint density at radius 1 is 1.18 bits per heavy atom. The molecule has 0 radical (unpaired) electrons. The second-order valence-corrected chi connectivity index (χ2v) is 6.83. The van der Waals surface area contributed by atoms with Gasteiger partial charge in [0, 0.05) is 11.8 Å². The summed E-state index contributed by atoms with van der Waals surface area (Å²) in [5.41, 5.74) is 1.28. The van der Waals surface area contributed by atoms with Crippen molar-refractivity contribution in [3.05, 3.63) is 58.6 Å². The number of hydrogen-bond acceptors (Lipinski definition) is 5. The molecule has 0 bridgehead atoms. The molecule has 28 heavy (non-hydrogen) atoms. The van der Waals surface area contributed by atoms with Gasteiger partial charge in [0.25, 0.3) is 11.6 Å². The van der Waals surface area contributed by atoms with Crippen molar-refractivity contribution < 1.29 is 19.4 Å². The van der Waals surface area contributed by atoms with Gasteiger partial charge >= 0.3 is 0 Å². The Bertz CT molecular complexity index is 832. The number of nitrogens with one attached hydrogen (secondary N) is 2. The van der Waals surface area contributed by atoms with Gasteiger partial charge in [0.15, 0.2) is 6.04 Å². The minimum absolute atomic E-state index is 0.0950. The molecule has 1 heterocycles. The topological polar surface area (TPSA) is 89.2 Å². The molecular weight excluding hydrogens is 360 g/mol. The van der Waals surface area contributed by atoms with Crippen molar-refractivity contribution in [3.8, 4) is 5.75 Å². The summed E-state index contributed by atoms with van der Waals surface area (Å²) >= 11 is 0. The molecule has 1 amide bonds. The first-order valence-corrected chi connectivity index (χ1v) is 9.27. The van der Waals surface area contributed by atoms with Crippen molar-refractivity contribution in [1.29, 1.82) is 0 Å². The van der Waals surface area contributed by atoms with E-state index >= 15 is 0 Å². The van der Waals surface area contributed by atoms with Crippen LogP contribution in [0, 0.1) is 10.1 Å². The number of ether oxygens (including phenoxy) is 1. The van der Waals surface area contributed by atoms with Crippen LogP contribution in [-0.2, 0) is 4.79 Å². The van der Waals surface area contributed by atoms with Crippen LogP contribution in [0.3, 0.4) is 0 Å². The lowest BCUT2D eigenvalue weighted by Gasteiger charge is -2.36.